The van der Waals surface area contributed by atoms with Gasteiger partial charge in [0.05, 0.1) is 19.8 Å². The number of aliphatic hydroxyl groups excluding tert-OH is 1. The van der Waals surface area contributed by atoms with Crippen LogP contribution in [0.1, 0.15) is 25.5 Å². The molecule has 0 radical (unpaired) electrons. The number of methoxy groups -OCH3 is 2. The summed E-state index contributed by atoms with van der Waals surface area (Å²) in [5.41, 5.74) is 6.29. The standard InChI is InChI=1S/C13H21NO4/c1-13(2,7-15)12(14)11-9(17-3)5-8(16)6-10(11)18-4/h5-6,12,15-16H,7,14H2,1-4H3/t12-/m0/s1. The van der Waals surface area contributed by atoms with E-state index in [1.807, 2.05) is 13.8 Å². The van der Waals surface area contributed by atoms with Crippen molar-refractivity contribution >= 4 is 0 Å². The summed E-state index contributed by atoms with van der Waals surface area (Å²) in [6, 6.07) is 2.48. The molecule has 0 spiro atoms. The van der Waals surface area contributed by atoms with Gasteiger partial charge in [-0.1, -0.05) is 13.8 Å². The number of aliphatic hydroxyl groups is 1. The minimum absolute atomic E-state index is 0.0430. The molecule has 0 unspecified atom stereocenters. The number of rotatable bonds is 5. The lowest BCUT2D eigenvalue weighted by Crippen LogP contribution is -2.33. The van der Waals surface area contributed by atoms with Crippen LogP contribution in [0.25, 0.3) is 0 Å². The fourth-order valence-electron chi connectivity index (χ4n) is 1.72. The molecule has 0 aliphatic heterocycles. The second-order valence-electron chi connectivity index (χ2n) is 4.89. The number of hydrogen-bond donors (Lipinski definition) is 3. The normalized spacial score (nSPS) is 13.2. The van der Waals surface area contributed by atoms with Gasteiger partial charge in [0.15, 0.2) is 0 Å². The molecule has 5 heteroatoms. The highest BCUT2D eigenvalue weighted by molar-refractivity contribution is 5.52. The molecule has 0 aliphatic carbocycles. The Bertz CT molecular complexity index is 392. The Morgan fingerprint density at radius 1 is 1.22 bits per heavy atom. The van der Waals surface area contributed by atoms with Crippen LogP contribution in [0.15, 0.2) is 12.1 Å². The predicted octanol–water partition coefficient (Wildman–Crippen LogP) is 1.43. The summed E-state index contributed by atoms with van der Waals surface area (Å²) >= 11 is 0. The van der Waals surface area contributed by atoms with E-state index in [0.29, 0.717) is 17.1 Å². The predicted molar refractivity (Wildman–Crippen MR) is 69.0 cm³/mol. The minimum Gasteiger partial charge on any atom is -0.508 e. The quantitative estimate of drug-likeness (QED) is 0.741. The van der Waals surface area contributed by atoms with E-state index in [1.54, 1.807) is 0 Å². The summed E-state index contributed by atoms with van der Waals surface area (Å²) in [5.74, 6) is 0.934. The van der Waals surface area contributed by atoms with E-state index >= 15 is 0 Å². The summed E-state index contributed by atoms with van der Waals surface area (Å²) < 4.78 is 10.5. The van der Waals surface area contributed by atoms with Crippen molar-refractivity contribution in [2.45, 2.75) is 19.9 Å². The second kappa shape index (κ2) is 5.46. The summed E-state index contributed by atoms with van der Waals surface area (Å²) in [6.07, 6.45) is 0. The number of benzene rings is 1. The van der Waals surface area contributed by atoms with Gasteiger partial charge in [0.1, 0.15) is 17.2 Å². The van der Waals surface area contributed by atoms with Gasteiger partial charge >= 0.3 is 0 Å². The Hall–Kier alpha value is -1.46. The van der Waals surface area contributed by atoms with Gasteiger partial charge in [0.25, 0.3) is 0 Å². The van der Waals surface area contributed by atoms with Crippen LogP contribution in [-0.2, 0) is 0 Å². The molecule has 1 atom stereocenters. The maximum Gasteiger partial charge on any atom is 0.131 e. The van der Waals surface area contributed by atoms with Crippen molar-refractivity contribution in [2.75, 3.05) is 20.8 Å². The van der Waals surface area contributed by atoms with Gasteiger partial charge in [0, 0.05) is 30.2 Å². The Morgan fingerprint density at radius 3 is 2.00 bits per heavy atom. The van der Waals surface area contributed by atoms with Gasteiger partial charge in [-0.15, -0.1) is 0 Å². The number of phenolic OH excluding ortho intramolecular Hbond substituents is 1. The zero-order valence-corrected chi connectivity index (χ0v) is 11.2. The van der Waals surface area contributed by atoms with Gasteiger partial charge in [-0.05, 0) is 0 Å². The van der Waals surface area contributed by atoms with Crippen LogP contribution in [0.5, 0.6) is 17.2 Å². The van der Waals surface area contributed by atoms with Crippen LogP contribution in [-0.4, -0.2) is 31.0 Å². The molecule has 102 valence electrons. The first-order valence-corrected chi connectivity index (χ1v) is 5.68. The molecule has 0 saturated carbocycles. The summed E-state index contributed by atoms with van der Waals surface area (Å²) in [5, 5.41) is 19.0. The highest BCUT2D eigenvalue weighted by Crippen LogP contribution is 2.43. The molecule has 0 bridgehead atoms. The Labute approximate surface area is 107 Å². The van der Waals surface area contributed by atoms with Crippen LogP contribution >= 0.6 is 0 Å². The van der Waals surface area contributed by atoms with E-state index in [9.17, 15) is 10.2 Å². The van der Waals surface area contributed by atoms with E-state index in [2.05, 4.69) is 0 Å². The maximum absolute atomic E-state index is 9.57. The Morgan fingerprint density at radius 2 is 1.67 bits per heavy atom. The van der Waals surface area contributed by atoms with Crippen LogP contribution < -0.4 is 15.2 Å². The van der Waals surface area contributed by atoms with Gasteiger partial charge in [-0.2, -0.15) is 0 Å². The summed E-state index contributed by atoms with van der Waals surface area (Å²) in [6.45, 7) is 3.63. The third-order valence-corrected chi connectivity index (χ3v) is 3.09. The third-order valence-electron chi connectivity index (χ3n) is 3.09. The van der Waals surface area contributed by atoms with E-state index in [4.69, 9.17) is 15.2 Å². The summed E-state index contributed by atoms with van der Waals surface area (Å²) in [7, 11) is 2.99. The van der Waals surface area contributed by atoms with Gasteiger partial charge in [-0.25, -0.2) is 0 Å². The maximum atomic E-state index is 9.57. The van der Waals surface area contributed by atoms with E-state index < -0.39 is 11.5 Å². The average Bonchev–Trinajstić information content (AvgIpc) is 2.36. The number of nitrogens with two attached hydrogens (primary N) is 1. The van der Waals surface area contributed by atoms with Gasteiger partial charge in [-0.3, -0.25) is 0 Å². The van der Waals surface area contributed by atoms with E-state index in [1.165, 1.54) is 26.4 Å². The topological polar surface area (TPSA) is 84.9 Å². The fraction of sp³-hybridized carbons (Fsp3) is 0.538. The molecule has 0 amide bonds. The highest BCUT2D eigenvalue weighted by Gasteiger charge is 2.32. The molecular weight excluding hydrogens is 234 g/mol. The zero-order chi connectivity index (χ0) is 13.9. The van der Waals surface area contributed by atoms with Crippen molar-refractivity contribution in [2.24, 2.45) is 11.1 Å². The molecule has 18 heavy (non-hydrogen) atoms. The Kier molecular flexibility index (Phi) is 4.43. The molecule has 0 saturated heterocycles. The largest absolute Gasteiger partial charge is 0.508 e. The lowest BCUT2D eigenvalue weighted by Gasteiger charge is -2.31. The first-order chi connectivity index (χ1) is 8.37. The number of aromatic hydroxyl groups is 1. The first kappa shape index (κ1) is 14.6. The van der Waals surface area contributed by atoms with Crippen LogP contribution in [0.3, 0.4) is 0 Å². The molecule has 5 nitrogen and oxygen atoms in total. The van der Waals surface area contributed by atoms with Crippen molar-refractivity contribution in [1.82, 2.24) is 0 Å². The lowest BCUT2D eigenvalue weighted by molar-refractivity contribution is 0.129. The second-order valence-corrected chi connectivity index (χ2v) is 4.89. The molecule has 0 fully saturated rings. The van der Waals surface area contributed by atoms with E-state index in [0.717, 1.165) is 0 Å². The third kappa shape index (κ3) is 2.68. The molecular formula is C13H21NO4. The molecule has 4 N–H and O–H groups in total. The van der Waals surface area contributed by atoms with Crippen LogP contribution in [0, 0.1) is 5.41 Å². The molecule has 1 aromatic rings. The monoisotopic (exact) mass is 255 g/mol. The van der Waals surface area contributed by atoms with Crippen LogP contribution in [0.2, 0.25) is 0 Å². The minimum atomic E-state index is -0.530. The van der Waals surface area contributed by atoms with Crippen LogP contribution in [0.4, 0.5) is 0 Å². The molecule has 0 aliphatic rings. The molecule has 0 aromatic heterocycles. The van der Waals surface area contributed by atoms with Crippen molar-refractivity contribution < 1.29 is 19.7 Å². The van der Waals surface area contributed by atoms with Crippen molar-refractivity contribution in [1.29, 1.82) is 0 Å². The van der Waals surface area contributed by atoms with Gasteiger partial charge in [0.2, 0.25) is 0 Å². The first-order valence-electron chi connectivity index (χ1n) is 5.68. The zero-order valence-electron chi connectivity index (χ0n) is 11.2. The van der Waals surface area contributed by atoms with Gasteiger partial charge < -0.3 is 25.4 Å². The molecule has 1 rings (SSSR count). The Balaban J connectivity index is 3.37. The highest BCUT2D eigenvalue weighted by atomic mass is 16.5. The van der Waals surface area contributed by atoms with Crippen molar-refractivity contribution in [3.8, 4) is 17.2 Å². The smallest absolute Gasteiger partial charge is 0.131 e. The average molecular weight is 255 g/mol. The van der Waals surface area contributed by atoms with E-state index in [-0.39, 0.29) is 12.4 Å². The SMILES string of the molecule is COc1cc(O)cc(OC)c1[C@H](N)C(C)(C)CO. The van der Waals surface area contributed by atoms with Crippen molar-refractivity contribution in [3.05, 3.63) is 17.7 Å². The summed E-state index contributed by atoms with van der Waals surface area (Å²) in [4.78, 5) is 0. The number of phenols is 1. The molecule has 0 heterocycles. The molecule has 1 aromatic carbocycles. The van der Waals surface area contributed by atoms with Crippen molar-refractivity contribution in [3.63, 3.8) is 0 Å². The number of ether oxygens (including phenoxy) is 2. The number of hydrogen-bond acceptors (Lipinski definition) is 5. The fourth-order valence-corrected chi connectivity index (χ4v) is 1.72. The lowest BCUT2D eigenvalue weighted by atomic mass is 9.81.